The third-order valence-electron chi connectivity index (χ3n) is 2.59. The van der Waals surface area contributed by atoms with Crippen LogP contribution in [0, 0.1) is 0 Å². The highest BCUT2D eigenvalue weighted by Crippen LogP contribution is 2.56. The van der Waals surface area contributed by atoms with E-state index in [-0.39, 0.29) is 19.5 Å². The molecule has 0 bridgehead atoms. The Morgan fingerprint density at radius 3 is 1.86 bits per heavy atom. The number of ether oxygens (including phenoxy) is 1. The largest absolute Gasteiger partial charge is 0.479 e. The van der Waals surface area contributed by atoms with Gasteiger partial charge in [-0.1, -0.05) is 0 Å². The maximum Gasteiger partial charge on any atom is 0.344 e. The van der Waals surface area contributed by atoms with Crippen LogP contribution in [-0.2, 0) is 27.9 Å². The Kier molecular flexibility index (Phi) is 7.23. The maximum atomic E-state index is 12.8. The summed E-state index contributed by atoms with van der Waals surface area (Å²) >= 11 is 0. The quantitative estimate of drug-likeness (QED) is 0.514. The lowest BCUT2D eigenvalue weighted by atomic mass is 10.0. The second-order valence-electron chi connectivity index (χ2n) is 5.58. The van der Waals surface area contributed by atoms with Crippen molar-refractivity contribution in [3.05, 3.63) is 0 Å². The average Bonchev–Trinajstić information content (AvgIpc) is 2.27. The van der Waals surface area contributed by atoms with Crippen molar-refractivity contribution in [3.63, 3.8) is 0 Å². The van der Waals surface area contributed by atoms with Crippen molar-refractivity contribution < 1.29 is 33.0 Å². The SMILES string of the molecule is CCOP(=O)(OCC)C(C=O)C(C)(OC(C)(C)C)C(=O)O. The highest BCUT2D eigenvalue weighted by Gasteiger charge is 2.55. The van der Waals surface area contributed by atoms with Crippen LogP contribution in [0.5, 0.6) is 0 Å². The first-order valence-electron chi connectivity index (χ1n) is 6.74. The van der Waals surface area contributed by atoms with Crippen molar-refractivity contribution in [3.8, 4) is 0 Å². The number of carboxylic acid groups (broad SMARTS) is 1. The molecule has 0 heterocycles. The number of rotatable bonds is 9. The van der Waals surface area contributed by atoms with E-state index in [4.69, 9.17) is 13.8 Å². The first-order chi connectivity index (χ1) is 9.46. The van der Waals surface area contributed by atoms with Crippen LogP contribution in [0.25, 0.3) is 0 Å². The van der Waals surface area contributed by atoms with Gasteiger partial charge in [-0.15, -0.1) is 0 Å². The summed E-state index contributed by atoms with van der Waals surface area (Å²) in [4.78, 5) is 23.1. The van der Waals surface area contributed by atoms with Crippen molar-refractivity contribution >= 4 is 19.9 Å². The first-order valence-corrected chi connectivity index (χ1v) is 8.35. The van der Waals surface area contributed by atoms with E-state index in [1.165, 1.54) is 6.92 Å². The third-order valence-corrected chi connectivity index (χ3v) is 5.13. The zero-order chi connectivity index (χ0) is 16.9. The maximum absolute atomic E-state index is 12.8. The predicted octanol–water partition coefficient (Wildman–Crippen LogP) is 2.48. The summed E-state index contributed by atoms with van der Waals surface area (Å²) in [5.74, 6) is -1.41. The van der Waals surface area contributed by atoms with E-state index >= 15 is 0 Å². The number of aliphatic carboxylic acids is 1. The van der Waals surface area contributed by atoms with Crippen LogP contribution in [0.4, 0.5) is 0 Å². The van der Waals surface area contributed by atoms with Gasteiger partial charge in [0.2, 0.25) is 0 Å². The van der Waals surface area contributed by atoms with Crippen LogP contribution >= 0.6 is 7.60 Å². The Morgan fingerprint density at radius 1 is 1.19 bits per heavy atom. The van der Waals surface area contributed by atoms with Gasteiger partial charge in [0.05, 0.1) is 18.8 Å². The van der Waals surface area contributed by atoms with Crippen molar-refractivity contribution in [2.45, 2.75) is 58.4 Å². The zero-order valence-corrected chi connectivity index (χ0v) is 14.3. The number of carbonyl (C=O) groups is 2. The Balaban J connectivity index is 5.86. The van der Waals surface area contributed by atoms with Crippen molar-refractivity contribution in [2.75, 3.05) is 13.2 Å². The molecule has 0 rings (SSSR count). The fraction of sp³-hybridized carbons (Fsp3) is 0.846. The molecule has 0 saturated carbocycles. The van der Waals surface area contributed by atoms with Gasteiger partial charge in [0.25, 0.3) is 0 Å². The minimum absolute atomic E-state index is 0.0207. The Labute approximate surface area is 125 Å². The van der Waals surface area contributed by atoms with Gasteiger partial charge >= 0.3 is 13.6 Å². The predicted molar refractivity (Wildman–Crippen MR) is 77.6 cm³/mol. The number of carboxylic acids is 1. The molecule has 0 fully saturated rings. The summed E-state index contributed by atoms with van der Waals surface area (Å²) in [5.41, 5.74) is -4.46. The van der Waals surface area contributed by atoms with E-state index in [2.05, 4.69) is 0 Å². The molecular weight excluding hydrogens is 299 g/mol. The van der Waals surface area contributed by atoms with Gasteiger partial charge in [0.15, 0.2) is 11.3 Å². The van der Waals surface area contributed by atoms with Crippen molar-refractivity contribution in [1.29, 1.82) is 0 Å². The summed E-state index contributed by atoms with van der Waals surface area (Å²) in [6.45, 7) is 9.32. The Bertz CT molecular complexity index is 405. The van der Waals surface area contributed by atoms with Crippen LogP contribution in [0.15, 0.2) is 0 Å². The summed E-state index contributed by atoms with van der Waals surface area (Å²) < 4.78 is 28.5. The van der Waals surface area contributed by atoms with Crippen molar-refractivity contribution in [2.24, 2.45) is 0 Å². The lowest BCUT2D eigenvalue weighted by molar-refractivity contribution is -0.182. The minimum Gasteiger partial charge on any atom is -0.479 e. The summed E-state index contributed by atoms with van der Waals surface area (Å²) in [5, 5.41) is 9.48. The minimum atomic E-state index is -3.96. The molecule has 0 spiro atoms. The summed E-state index contributed by atoms with van der Waals surface area (Å²) in [6, 6.07) is 0. The monoisotopic (exact) mass is 324 g/mol. The molecule has 1 N–H and O–H groups in total. The van der Waals surface area contributed by atoms with Gasteiger partial charge in [0.1, 0.15) is 6.29 Å². The normalized spacial score (nSPS) is 17.0. The lowest BCUT2D eigenvalue weighted by Gasteiger charge is -2.38. The zero-order valence-electron chi connectivity index (χ0n) is 13.4. The first kappa shape index (κ1) is 20.2. The molecule has 0 aliphatic rings. The molecule has 0 aliphatic heterocycles. The van der Waals surface area contributed by atoms with Gasteiger partial charge in [-0.3, -0.25) is 4.57 Å². The molecular formula is C13H25O7P. The van der Waals surface area contributed by atoms with Gasteiger partial charge in [0, 0.05) is 0 Å². The average molecular weight is 324 g/mol. The van der Waals surface area contributed by atoms with E-state index < -0.39 is 30.4 Å². The molecule has 0 aromatic rings. The van der Waals surface area contributed by atoms with Crippen LogP contribution in [-0.4, -0.2) is 47.4 Å². The summed E-state index contributed by atoms with van der Waals surface area (Å²) in [6.07, 6.45) is 0.270. The molecule has 2 atom stereocenters. The van der Waals surface area contributed by atoms with E-state index in [0.717, 1.165) is 0 Å². The van der Waals surface area contributed by atoms with Crippen LogP contribution in [0.2, 0.25) is 0 Å². The topological polar surface area (TPSA) is 99.1 Å². The highest BCUT2D eigenvalue weighted by atomic mass is 31.2. The fourth-order valence-electron chi connectivity index (χ4n) is 1.93. The molecule has 0 aliphatic carbocycles. The van der Waals surface area contributed by atoms with Gasteiger partial charge < -0.3 is 23.7 Å². The van der Waals surface area contributed by atoms with Gasteiger partial charge in [-0.05, 0) is 41.5 Å². The van der Waals surface area contributed by atoms with Crippen molar-refractivity contribution in [1.82, 2.24) is 0 Å². The second-order valence-corrected chi connectivity index (χ2v) is 7.74. The molecule has 0 saturated heterocycles. The van der Waals surface area contributed by atoms with Crippen LogP contribution in [0.3, 0.4) is 0 Å². The molecule has 21 heavy (non-hydrogen) atoms. The summed E-state index contributed by atoms with van der Waals surface area (Å²) in [7, 11) is -3.96. The smallest absolute Gasteiger partial charge is 0.344 e. The number of aldehydes is 1. The molecule has 2 unspecified atom stereocenters. The Hall–Kier alpha value is -0.750. The second kappa shape index (κ2) is 7.49. The van der Waals surface area contributed by atoms with Gasteiger partial charge in [-0.2, -0.15) is 0 Å². The fourth-order valence-corrected chi connectivity index (χ4v) is 3.96. The van der Waals surface area contributed by atoms with E-state index in [0.29, 0.717) is 0 Å². The van der Waals surface area contributed by atoms with Gasteiger partial charge in [-0.25, -0.2) is 4.79 Å². The molecule has 7 nitrogen and oxygen atoms in total. The standard InChI is InChI=1S/C13H25O7P/c1-7-18-21(17,19-8-2)10(9-14)13(6,11(15)16)20-12(3,4)5/h9-10H,7-8H2,1-6H3,(H,15,16). The third kappa shape index (κ3) is 5.18. The molecule has 0 aromatic heterocycles. The molecule has 0 aromatic carbocycles. The molecule has 0 radical (unpaired) electrons. The van der Waals surface area contributed by atoms with E-state index in [9.17, 15) is 19.3 Å². The molecule has 124 valence electrons. The Morgan fingerprint density at radius 2 is 1.62 bits per heavy atom. The van der Waals surface area contributed by atoms with E-state index in [1.807, 2.05) is 0 Å². The highest BCUT2D eigenvalue weighted by molar-refractivity contribution is 7.55. The van der Waals surface area contributed by atoms with E-state index in [1.54, 1.807) is 34.6 Å². The molecule has 0 amide bonds. The lowest BCUT2D eigenvalue weighted by Crippen LogP contribution is -2.53. The van der Waals surface area contributed by atoms with Crippen LogP contribution in [0.1, 0.15) is 41.5 Å². The number of carbonyl (C=O) groups excluding carboxylic acids is 1. The molecule has 8 heteroatoms. The number of hydrogen-bond donors (Lipinski definition) is 1. The number of hydrogen-bond acceptors (Lipinski definition) is 6. The van der Waals surface area contributed by atoms with Crippen LogP contribution < -0.4 is 0 Å².